The smallest absolute Gasteiger partial charge is 0.335 e. The molecule has 1 saturated heterocycles. The molecule has 39 heavy (non-hydrogen) atoms. The van der Waals surface area contributed by atoms with Gasteiger partial charge in [-0.1, -0.05) is 25.5 Å². The van der Waals surface area contributed by atoms with Crippen LogP contribution in [0.1, 0.15) is 83.1 Å². The fourth-order valence-corrected chi connectivity index (χ4v) is 9.48. The lowest BCUT2D eigenvalue weighted by atomic mass is 9.45. The van der Waals surface area contributed by atoms with Crippen LogP contribution < -0.4 is 16.3 Å². The first-order valence-corrected chi connectivity index (χ1v) is 15.1. The predicted molar refractivity (Wildman–Crippen MR) is 148 cm³/mol. The highest BCUT2D eigenvalue weighted by Gasteiger charge is 2.66. The van der Waals surface area contributed by atoms with Gasteiger partial charge in [-0.2, -0.15) is 0 Å². The van der Waals surface area contributed by atoms with Crippen molar-refractivity contribution >= 4 is 6.03 Å². The number of likely N-dealkylation sites (tertiary alicyclic amines) is 1. The van der Waals surface area contributed by atoms with Crippen LogP contribution in [0, 0.1) is 22.7 Å². The van der Waals surface area contributed by atoms with Gasteiger partial charge >= 0.3 is 11.7 Å². The number of rotatable bonds is 5. The first kappa shape index (κ1) is 27.0. The van der Waals surface area contributed by atoms with Gasteiger partial charge in [0.1, 0.15) is 0 Å². The van der Waals surface area contributed by atoms with Crippen LogP contribution in [0.3, 0.4) is 0 Å². The number of hydrogen-bond donors (Lipinski definition) is 4. The molecule has 0 bridgehead atoms. The van der Waals surface area contributed by atoms with Crippen LogP contribution in [0.15, 0.2) is 39.3 Å². The summed E-state index contributed by atoms with van der Waals surface area (Å²) in [5.74, 6) is 0.899. The summed E-state index contributed by atoms with van der Waals surface area (Å²) in [6.45, 7) is 7.60. The zero-order valence-electron chi connectivity index (χ0n) is 23.5. The lowest BCUT2D eigenvalue weighted by molar-refractivity contribution is -0.177. The van der Waals surface area contributed by atoms with E-state index in [-0.39, 0.29) is 46.5 Å². The summed E-state index contributed by atoms with van der Waals surface area (Å²) in [7, 11) is 0. The Bertz CT molecular complexity index is 1160. The Kier molecular flexibility index (Phi) is 6.96. The summed E-state index contributed by atoms with van der Waals surface area (Å²) >= 11 is 0. The van der Waals surface area contributed by atoms with E-state index in [2.05, 4.69) is 35.5 Å². The van der Waals surface area contributed by atoms with Gasteiger partial charge in [-0.15, -0.1) is 0 Å². The Balaban J connectivity index is 1.11. The molecule has 4 fully saturated rings. The fraction of sp³-hybridized carbons (Fsp3) is 0.742. The van der Waals surface area contributed by atoms with Gasteiger partial charge in [-0.05, 0) is 92.6 Å². The van der Waals surface area contributed by atoms with Crippen molar-refractivity contribution < 1.29 is 19.4 Å². The highest BCUT2D eigenvalue weighted by Crippen LogP contribution is 2.70. The van der Waals surface area contributed by atoms with E-state index >= 15 is 0 Å². The van der Waals surface area contributed by atoms with E-state index < -0.39 is 5.60 Å². The van der Waals surface area contributed by atoms with E-state index in [4.69, 9.17) is 4.42 Å². The third-order valence-corrected chi connectivity index (χ3v) is 11.7. The molecular formula is C31H45N3O5. The van der Waals surface area contributed by atoms with Crippen LogP contribution >= 0.6 is 0 Å². The average Bonchev–Trinajstić information content (AvgIpc) is 3.44. The number of urea groups is 1. The predicted octanol–water partition coefficient (Wildman–Crippen LogP) is 3.54. The van der Waals surface area contributed by atoms with E-state index in [0.29, 0.717) is 19.0 Å². The van der Waals surface area contributed by atoms with Gasteiger partial charge in [0, 0.05) is 43.7 Å². The molecule has 5 aliphatic rings. The molecule has 2 amide bonds. The zero-order chi connectivity index (χ0) is 27.4. The normalized spacial score (nSPS) is 41.7. The fourth-order valence-electron chi connectivity index (χ4n) is 9.48. The number of β-amino-alcohol motifs (C(OH)–C–C–N with tert-alkyl or cyclic N) is 1. The molecule has 214 valence electrons. The number of aliphatic hydroxyl groups excluding tert-OH is 1. The molecular weight excluding hydrogens is 494 g/mol. The van der Waals surface area contributed by atoms with Crippen LogP contribution in [0.2, 0.25) is 0 Å². The first-order valence-electron chi connectivity index (χ1n) is 15.1. The van der Waals surface area contributed by atoms with Gasteiger partial charge in [0.2, 0.25) is 0 Å². The van der Waals surface area contributed by atoms with Crippen molar-refractivity contribution in [3.63, 3.8) is 0 Å². The van der Waals surface area contributed by atoms with Crippen molar-refractivity contribution in [2.75, 3.05) is 26.2 Å². The second-order valence-corrected chi connectivity index (χ2v) is 13.5. The number of nitrogens with one attached hydrogen (secondary N) is 2. The largest absolute Gasteiger partial charge is 0.431 e. The minimum absolute atomic E-state index is 0.0405. The number of carbonyl (C=O) groups is 1. The maximum absolute atomic E-state index is 12.6. The maximum Gasteiger partial charge on any atom is 0.335 e. The molecule has 1 aromatic rings. The van der Waals surface area contributed by atoms with E-state index in [1.54, 1.807) is 6.26 Å². The van der Waals surface area contributed by atoms with E-state index in [9.17, 15) is 19.8 Å². The van der Waals surface area contributed by atoms with Crippen molar-refractivity contribution in [2.24, 2.45) is 22.7 Å². The quantitative estimate of drug-likeness (QED) is 0.426. The number of amides is 2. The van der Waals surface area contributed by atoms with Crippen molar-refractivity contribution in [2.45, 2.75) is 95.3 Å². The van der Waals surface area contributed by atoms with E-state index in [1.165, 1.54) is 11.6 Å². The molecule has 8 nitrogen and oxygen atoms in total. The van der Waals surface area contributed by atoms with E-state index in [1.807, 2.05) is 6.07 Å². The van der Waals surface area contributed by atoms with Gasteiger partial charge in [0.05, 0.1) is 18.0 Å². The van der Waals surface area contributed by atoms with Crippen LogP contribution in [0.25, 0.3) is 0 Å². The minimum atomic E-state index is -0.717. The van der Waals surface area contributed by atoms with Crippen molar-refractivity contribution in [1.82, 2.24) is 15.5 Å². The number of nitrogens with zero attached hydrogens (tertiary/aromatic N) is 1. The number of carbonyl (C=O) groups excluding carboxylic acids is 1. The Morgan fingerprint density at radius 2 is 1.95 bits per heavy atom. The topological polar surface area (TPSA) is 115 Å². The van der Waals surface area contributed by atoms with Gasteiger partial charge < -0.3 is 25.3 Å². The van der Waals surface area contributed by atoms with Gasteiger partial charge in [0.15, 0.2) is 0 Å². The second kappa shape index (κ2) is 10.0. The Hall–Kier alpha value is -2.16. The summed E-state index contributed by atoms with van der Waals surface area (Å²) in [6.07, 6.45) is 12.2. The van der Waals surface area contributed by atoms with E-state index in [0.717, 1.165) is 76.4 Å². The summed E-state index contributed by atoms with van der Waals surface area (Å²) in [4.78, 5) is 26.3. The molecule has 4 N–H and O–H groups in total. The Morgan fingerprint density at radius 1 is 1.10 bits per heavy atom. The molecule has 1 aliphatic heterocycles. The molecule has 3 saturated carbocycles. The lowest BCUT2D eigenvalue weighted by Crippen LogP contribution is -2.60. The van der Waals surface area contributed by atoms with Gasteiger partial charge in [0.25, 0.3) is 0 Å². The average molecular weight is 540 g/mol. The number of allylic oxidation sites excluding steroid dienone is 1. The second-order valence-electron chi connectivity index (χ2n) is 13.5. The highest BCUT2D eigenvalue weighted by molar-refractivity contribution is 5.74. The summed E-state index contributed by atoms with van der Waals surface area (Å²) in [5.41, 5.74) is 1.28. The Labute approximate surface area is 231 Å². The van der Waals surface area contributed by atoms with Crippen LogP contribution in [0.5, 0.6) is 0 Å². The molecule has 2 heterocycles. The number of aliphatic hydroxyl groups is 2. The summed E-state index contributed by atoms with van der Waals surface area (Å²) in [6, 6.07) is 3.32. The van der Waals surface area contributed by atoms with Crippen LogP contribution in [-0.4, -0.2) is 65.1 Å². The SMILES string of the molecule is C[C@]12CC[C@H](NC(=O)NCCN3CC[C@H](O)C3)C=C1CC[C@@H]1[C@@H]2CC[C@]2(C)[C@@H](c3ccc(=O)oc3)CC[C@]12O. The van der Waals surface area contributed by atoms with Crippen LogP contribution in [0.4, 0.5) is 4.79 Å². The molecule has 0 radical (unpaired) electrons. The number of fused-ring (bicyclic) bond motifs is 5. The van der Waals surface area contributed by atoms with Gasteiger partial charge in [-0.25, -0.2) is 9.59 Å². The molecule has 0 aromatic carbocycles. The third-order valence-electron chi connectivity index (χ3n) is 11.7. The third kappa shape index (κ3) is 4.56. The molecule has 1 aromatic heterocycles. The molecule has 8 heteroatoms. The standard InChI is InChI=1S/C31H45N3O5/c1-29-11-7-22(33-28(37)32-14-16-34-15-10-23(35)18-34)17-21(29)4-5-26-25(29)8-12-30(2)24(9-13-31(26,30)38)20-3-6-27(36)39-19-20/h3,6,17,19,22-26,35,38H,4-5,7-16,18H2,1-2H3,(H2,32,33,37)/t22-,23-,24+,25-,26+,29-,30+,31-/m0/s1. The zero-order valence-corrected chi connectivity index (χ0v) is 23.5. The molecule has 6 rings (SSSR count). The minimum Gasteiger partial charge on any atom is -0.431 e. The summed E-state index contributed by atoms with van der Waals surface area (Å²) in [5, 5.41) is 28.3. The molecule has 4 aliphatic carbocycles. The monoisotopic (exact) mass is 539 g/mol. The van der Waals surface area contributed by atoms with Gasteiger partial charge in [-0.3, -0.25) is 4.90 Å². The van der Waals surface area contributed by atoms with Crippen molar-refractivity contribution in [3.8, 4) is 0 Å². The van der Waals surface area contributed by atoms with Crippen molar-refractivity contribution in [3.05, 3.63) is 46.0 Å². The van der Waals surface area contributed by atoms with Crippen molar-refractivity contribution in [1.29, 1.82) is 0 Å². The molecule has 0 unspecified atom stereocenters. The maximum atomic E-state index is 12.6. The lowest BCUT2D eigenvalue weighted by Gasteiger charge is -2.62. The number of hydrogen-bond acceptors (Lipinski definition) is 6. The summed E-state index contributed by atoms with van der Waals surface area (Å²) < 4.78 is 5.22. The molecule has 8 atom stereocenters. The molecule has 0 spiro atoms. The van der Waals surface area contributed by atoms with Crippen LogP contribution in [-0.2, 0) is 0 Å². The Morgan fingerprint density at radius 3 is 2.69 bits per heavy atom. The highest BCUT2D eigenvalue weighted by atomic mass is 16.4. The first-order chi connectivity index (χ1) is 18.6.